The molecule has 0 bridgehead atoms. The molecule has 0 spiro atoms. The molecule has 96 valence electrons. The third-order valence-corrected chi connectivity index (χ3v) is 3.26. The number of nitrogens with one attached hydrogen (secondary N) is 1. The molecule has 2 N–H and O–H groups in total. The van der Waals surface area contributed by atoms with Crippen LogP contribution in [0.3, 0.4) is 0 Å². The van der Waals surface area contributed by atoms with E-state index in [9.17, 15) is 14.9 Å². The van der Waals surface area contributed by atoms with Crippen LogP contribution in [0.2, 0.25) is 0 Å². The predicted molar refractivity (Wildman–Crippen MR) is 63.5 cm³/mol. The van der Waals surface area contributed by atoms with Gasteiger partial charge in [-0.25, -0.2) is 9.78 Å². The molecular formula is C11H13N3O4. The van der Waals surface area contributed by atoms with E-state index in [2.05, 4.69) is 10.3 Å². The van der Waals surface area contributed by atoms with E-state index < -0.39 is 16.4 Å². The third-order valence-electron chi connectivity index (χ3n) is 3.26. The number of pyridine rings is 1. The predicted octanol–water partition coefficient (Wildman–Crippen LogP) is 1.72. The van der Waals surface area contributed by atoms with Crippen LogP contribution in [0, 0.1) is 17.0 Å². The van der Waals surface area contributed by atoms with Crippen molar-refractivity contribution in [3.8, 4) is 0 Å². The fraction of sp³-hybridized carbons (Fsp3) is 0.455. The van der Waals surface area contributed by atoms with Crippen molar-refractivity contribution in [2.75, 3.05) is 5.32 Å². The number of hydrogen-bond acceptors (Lipinski definition) is 5. The zero-order valence-electron chi connectivity index (χ0n) is 9.84. The summed E-state index contributed by atoms with van der Waals surface area (Å²) in [6.07, 6.45) is 3.08. The smallest absolute Gasteiger partial charge is 0.329 e. The molecule has 1 heterocycles. The van der Waals surface area contributed by atoms with E-state index in [-0.39, 0.29) is 5.69 Å². The van der Waals surface area contributed by atoms with E-state index in [0.29, 0.717) is 24.2 Å². The number of rotatable bonds is 4. The largest absolute Gasteiger partial charge is 0.480 e. The van der Waals surface area contributed by atoms with Crippen LogP contribution in [0.5, 0.6) is 0 Å². The second-order valence-electron chi connectivity index (χ2n) is 4.48. The summed E-state index contributed by atoms with van der Waals surface area (Å²) in [6.45, 7) is 1.60. The number of aliphatic carboxylic acids is 1. The van der Waals surface area contributed by atoms with Crippen molar-refractivity contribution < 1.29 is 14.8 Å². The van der Waals surface area contributed by atoms with Gasteiger partial charge in [-0.1, -0.05) is 0 Å². The number of nitrogens with zero attached hydrogens (tertiary/aromatic N) is 2. The summed E-state index contributed by atoms with van der Waals surface area (Å²) in [7, 11) is 0. The normalized spacial score (nSPS) is 16.7. The minimum atomic E-state index is -0.963. The van der Waals surface area contributed by atoms with Crippen LogP contribution in [-0.2, 0) is 4.79 Å². The van der Waals surface area contributed by atoms with Crippen molar-refractivity contribution >= 4 is 17.5 Å². The number of anilines is 1. The summed E-state index contributed by atoms with van der Waals surface area (Å²) in [5.74, 6) is -0.549. The van der Waals surface area contributed by atoms with E-state index in [1.54, 1.807) is 6.92 Å². The quantitative estimate of drug-likeness (QED) is 0.623. The molecule has 1 fully saturated rings. The molecule has 2 rings (SSSR count). The number of carbonyl (C=O) groups is 1. The van der Waals surface area contributed by atoms with Gasteiger partial charge in [0.2, 0.25) is 0 Å². The molecule has 0 aromatic carbocycles. The van der Waals surface area contributed by atoms with E-state index >= 15 is 0 Å². The molecule has 7 heteroatoms. The van der Waals surface area contributed by atoms with Crippen LogP contribution in [0.4, 0.5) is 11.5 Å². The van der Waals surface area contributed by atoms with Crippen molar-refractivity contribution in [2.45, 2.75) is 31.7 Å². The van der Waals surface area contributed by atoms with Crippen LogP contribution in [-0.4, -0.2) is 26.5 Å². The Labute approximate surface area is 103 Å². The van der Waals surface area contributed by atoms with Gasteiger partial charge in [0.15, 0.2) is 0 Å². The molecular weight excluding hydrogens is 238 g/mol. The molecule has 0 amide bonds. The van der Waals surface area contributed by atoms with E-state index in [1.165, 1.54) is 6.07 Å². The molecule has 1 aliphatic rings. The summed E-state index contributed by atoms with van der Waals surface area (Å²) in [5.41, 5.74) is -0.578. The highest BCUT2D eigenvalue weighted by Crippen LogP contribution is 2.35. The molecule has 0 atom stereocenters. The van der Waals surface area contributed by atoms with E-state index in [0.717, 1.165) is 12.6 Å². The standard InChI is InChI=1S/C11H13N3O4/c1-7-5-9(12-6-8(7)14(17)18)13-11(10(15)16)3-2-4-11/h5-6H,2-4H2,1H3,(H,12,13)(H,15,16). The van der Waals surface area contributed by atoms with Crippen molar-refractivity contribution in [1.29, 1.82) is 0 Å². The molecule has 1 aromatic rings. The zero-order chi connectivity index (χ0) is 13.3. The molecule has 1 aliphatic carbocycles. The fourth-order valence-corrected chi connectivity index (χ4v) is 1.98. The minimum Gasteiger partial charge on any atom is -0.480 e. The number of carboxylic acids is 1. The van der Waals surface area contributed by atoms with Gasteiger partial charge < -0.3 is 10.4 Å². The van der Waals surface area contributed by atoms with Gasteiger partial charge in [-0.15, -0.1) is 0 Å². The SMILES string of the molecule is Cc1cc(NC2(C(=O)O)CCC2)ncc1[N+](=O)[O-]. The maximum Gasteiger partial charge on any atom is 0.329 e. The maximum absolute atomic E-state index is 11.2. The number of aryl methyl sites for hydroxylation is 1. The Morgan fingerprint density at radius 1 is 1.61 bits per heavy atom. The average Bonchev–Trinajstić information content (AvgIpc) is 2.22. The highest BCUT2D eigenvalue weighted by Gasteiger charge is 2.44. The van der Waals surface area contributed by atoms with Crippen molar-refractivity contribution in [2.24, 2.45) is 0 Å². The van der Waals surface area contributed by atoms with Gasteiger partial charge in [0.1, 0.15) is 17.6 Å². The molecule has 7 nitrogen and oxygen atoms in total. The van der Waals surface area contributed by atoms with E-state index in [1.807, 2.05) is 0 Å². The van der Waals surface area contributed by atoms with Crippen LogP contribution in [0.1, 0.15) is 24.8 Å². The number of nitro groups is 1. The second kappa shape index (κ2) is 4.25. The Hall–Kier alpha value is -2.18. The van der Waals surface area contributed by atoms with Crippen LogP contribution < -0.4 is 5.32 Å². The maximum atomic E-state index is 11.2. The Bertz CT molecular complexity index is 511. The molecule has 1 aromatic heterocycles. The third kappa shape index (κ3) is 1.99. The molecule has 18 heavy (non-hydrogen) atoms. The lowest BCUT2D eigenvalue weighted by Gasteiger charge is -2.38. The molecule has 0 aliphatic heterocycles. The Morgan fingerprint density at radius 3 is 2.67 bits per heavy atom. The molecule has 1 saturated carbocycles. The highest BCUT2D eigenvalue weighted by atomic mass is 16.6. The molecule has 0 radical (unpaired) electrons. The van der Waals surface area contributed by atoms with Gasteiger partial charge >= 0.3 is 5.97 Å². The first-order chi connectivity index (χ1) is 8.44. The second-order valence-corrected chi connectivity index (χ2v) is 4.48. The zero-order valence-corrected chi connectivity index (χ0v) is 9.84. The van der Waals surface area contributed by atoms with Gasteiger partial charge in [0, 0.05) is 5.56 Å². The summed E-state index contributed by atoms with van der Waals surface area (Å²) >= 11 is 0. The van der Waals surface area contributed by atoms with Crippen molar-refractivity contribution in [1.82, 2.24) is 4.98 Å². The van der Waals surface area contributed by atoms with E-state index in [4.69, 9.17) is 5.11 Å². The van der Waals surface area contributed by atoms with Crippen molar-refractivity contribution in [3.05, 3.63) is 27.9 Å². The summed E-state index contributed by atoms with van der Waals surface area (Å²) in [6, 6.07) is 1.50. The lowest BCUT2D eigenvalue weighted by Crippen LogP contribution is -2.52. The average molecular weight is 251 g/mol. The first-order valence-electron chi connectivity index (χ1n) is 5.57. The molecule has 0 unspecified atom stereocenters. The summed E-state index contributed by atoms with van der Waals surface area (Å²) in [5, 5.41) is 22.7. The molecule has 0 saturated heterocycles. The minimum absolute atomic E-state index is 0.0708. The fourth-order valence-electron chi connectivity index (χ4n) is 1.98. The monoisotopic (exact) mass is 251 g/mol. The number of aromatic nitrogens is 1. The summed E-state index contributed by atoms with van der Waals surface area (Å²) < 4.78 is 0. The number of hydrogen-bond donors (Lipinski definition) is 2. The van der Waals surface area contributed by atoms with Gasteiger partial charge in [0.25, 0.3) is 5.69 Å². The first kappa shape index (κ1) is 12.3. The number of carboxylic acid groups (broad SMARTS) is 1. The highest BCUT2D eigenvalue weighted by molar-refractivity contribution is 5.83. The Morgan fingerprint density at radius 2 is 2.28 bits per heavy atom. The first-order valence-corrected chi connectivity index (χ1v) is 5.57. The van der Waals surface area contributed by atoms with Crippen molar-refractivity contribution in [3.63, 3.8) is 0 Å². The van der Waals surface area contributed by atoms with Crippen LogP contribution >= 0.6 is 0 Å². The van der Waals surface area contributed by atoms with Gasteiger partial charge in [-0.2, -0.15) is 0 Å². The lowest BCUT2D eigenvalue weighted by atomic mass is 9.77. The van der Waals surface area contributed by atoms with Gasteiger partial charge in [-0.05, 0) is 32.3 Å². The topological polar surface area (TPSA) is 105 Å². The summed E-state index contributed by atoms with van der Waals surface area (Å²) in [4.78, 5) is 25.2. The van der Waals surface area contributed by atoms with Gasteiger partial charge in [0.05, 0.1) is 4.92 Å². The van der Waals surface area contributed by atoms with Gasteiger partial charge in [-0.3, -0.25) is 10.1 Å². The Balaban J connectivity index is 2.23. The lowest BCUT2D eigenvalue weighted by molar-refractivity contribution is -0.385. The van der Waals surface area contributed by atoms with Crippen LogP contribution in [0.25, 0.3) is 0 Å². The van der Waals surface area contributed by atoms with Crippen LogP contribution in [0.15, 0.2) is 12.3 Å². The Kier molecular flexibility index (Phi) is 2.90.